The largest absolute Gasteiger partial charge is 0.361 e. The molecule has 3 nitrogen and oxygen atoms in total. The SMILES string of the molecule is Cc1ccc(-c2cnoc2CC2CCCNC2)cc1. The van der Waals surface area contributed by atoms with Gasteiger partial charge in [0, 0.05) is 12.0 Å². The van der Waals surface area contributed by atoms with Crippen LogP contribution >= 0.6 is 0 Å². The van der Waals surface area contributed by atoms with Crippen molar-refractivity contribution < 1.29 is 4.52 Å². The predicted molar refractivity (Wildman–Crippen MR) is 76.0 cm³/mol. The highest BCUT2D eigenvalue weighted by atomic mass is 16.5. The molecule has 1 aromatic carbocycles. The van der Waals surface area contributed by atoms with Gasteiger partial charge in [-0.3, -0.25) is 0 Å². The molecule has 1 atom stereocenters. The van der Waals surface area contributed by atoms with E-state index in [1.807, 2.05) is 6.20 Å². The second-order valence-electron chi connectivity index (χ2n) is 5.45. The van der Waals surface area contributed by atoms with E-state index < -0.39 is 0 Å². The molecule has 0 bridgehead atoms. The van der Waals surface area contributed by atoms with Gasteiger partial charge in [-0.15, -0.1) is 0 Å². The van der Waals surface area contributed by atoms with E-state index in [4.69, 9.17) is 4.52 Å². The van der Waals surface area contributed by atoms with E-state index >= 15 is 0 Å². The molecular weight excluding hydrogens is 236 g/mol. The van der Waals surface area contributed by atoms with Crippen molar-refractivity contribution in [2.24, 2.45) is 5.92 Å². The van der Waals surface area contributed by atoms with Gasteiger partial charge in [-0.2, -0.15) is 0 Å². The summed E-state index contributed by atoms with van der Waals surface area (Å²) in [6.45, 7) is 4.35. The summed E-state index contributed by atoms with van der Waals surface area (Å²) in [5.74, 6) is 1.70. The van der Waals surface area contributed by atoms with Gasteiger partial charge in [-0.1, -0.05) is 35.0 Å². The van der Waals surface area contributed by atoms with Gasteiger partial charge in [0.1, 0.15) is 5.76 Å². The first kappa shape index (κ1) is 12.4. The molecule has 1 aliphatic rings. The van der Waals surface area contributed by atoms with Crippen molar-refractivity contribution in [3.05, 3.63) is 41.8 Å². The van der Waals surface area contributed by atoms with E-state index in [-0.39, 0.29) is 0 Å². The Morgan fingerprint density at radius 1 is 1.32 bits per heavy atom. The van der Waals surface area contributed by atoms with E-state index in [9.17, 15) is 0 Å². The Morgan fingerprint density at radius 3 is 2.89 bits per heavy atom. The van der Waals surface area contributed by atoms with Gasteiger partial charge in [0.2, 0.25) is 0 Å². The zero-order valence-corrected chi connectivity index (χ0v) is 11.4. The number of benzene rings is 1. The van der Waals surface area contributed by atoms with Gasteiger partial charge < -0.3 is 9.84 Å². The van der Waals surface area contributed by atoms with Gasteiger partial charge in [0.15, 0.2) is 0 Å². The van der Waals surface area contributed by atoms with Crippen molar-refractivity contribution in [2.45, 2.75) is 26.2 Å². The molecule has 1 unspecified atom stereocenters. The van der Waals surface area contributed by atoms with E-state index in [2.05, 4.69) is 41.7 Å². The Balaban J connectivity index is 1.79. The van der Waals surface area contributed by atoms with Crippen molar-refractivity contribution in [2.75, 3.05) is 13.1 Å². The fourth-order valence-electron chi connectivity index (χ4n) is 2.74. The van der Waals surface area contributed by atoms with Crippen LogP contribution in [0.25, 0.3) is 11.1 Å². The number of aromatic nitrogens is 1. The highest BCUT2D eigenvalue weighted by molar-refractivity contribution is 5.64. The average molecular weight is 256 g/mol. The molecular formula is C16H20N2O. The quantitative estimate of drug-likeness (QED) is 0.916. The van der Waals surface area contributed by atoms with Gasteiger partial charge in [0.25, 0.3) is 0 Å². The lowest BCUT2D eigenvalue weighted by Crippen LogP contribution is -2.30. The third-order valence-corrected chi connectivity index (χ3v) is 3.88. The van der Waals surface area contributed by atoms with Crippen LogP contribution in [-0.4, -0.2) is 18.2 Å². The lowest BCUT2D eigenvalue weighted by Gasteiger charge is -2.21. The molecule has 19 heavy (non-hydrogen) atoms. The molecule has 1 saturated heterocycles. The zero-order chi connectivity index (χ0) is 13.1. The van der Waals surface area contributed by atoms with Crippen molar-refractivity contribution >= 4 is 0 Å². The third kappa shape index (κ3) is 2.87. The van der Waals surface area contributed by atoms with Crippen LogP contribution in [0.15, 0.2) is 35.0 Å². The summed E-state index contributed by atoms with van der Waals surface area (Å²) in [4.78, 5) is 0. The van der Waals surface area contributed by atoms with Crippen LogP contribution in [-0.2, 0) is 6.42 Å². The molecule has 1 N–H and O–H groups in total. The van der Waals surface area contributed by atoms with Gasteiger partial charge >= 0.3 is 0 Å². The lowest BCUT2D eigenvalue weighted by atomic mass is 9.92. The Labute approximate surface area is 114 Å². The van der Waals surface area contributed by atoms with Crippen molar-refractivity contribution in [1.29, 1.82) is 0 Å². The maximum absolute atomic E-state index is 5.47. The van der Waals surface area contributed by atoms with Crippen molar-refractivity contribution in [3.8, 4) is 11.1 Å². The number of aryl methyl sites for hydroxylation is 1. The van der Waals surface area contributed by atoms with E-state index in [0.717, 1.165) is 30.8 Å². The maximum atomic E-state index is 5.47. The number of hydrogen-bond donors (Lipinski definition) is 1. The highest BCUT2D eigenvalue weighted by Gasteiger charge is 2.18. The van der Waals surface area contributed by atoms with Crippen LogP contribution in [0.4, 0.5) is 0 Å². The number of nitrogens with one attached hydrogen (secondary N) is 1. The molecule has 1 aliphatic heterocycles. The number of piperidine rings is 1. The summed E-state index contributed by atoms with van der Waals surface area (Å²) >= 11 is 0. The van der Waals surface area contributed by atoms with Gasteiger partial charge in [-0.05, 0) is 44.3 Å². The van der Waals surface area contributed by atoms with Crippen LogP contribution in [0.2, 0.25) is 0 Å². The molecule has 0 saturated carbocycles. The van der Waals surface area contributed by atoms with Crippen LogP contribution in [0.5, 0.6) is 0 Å². The number of nitrogens with zero attached hydrogens (tertiary/aromatic N) is 1. The molecule has 3 heteroatoms. The molecule has 0 spiro atoms. The van der Waals surface area contributed by atoms with Crippen LogP contribution in [0, 0.1) is 12.8 Å². The summed E-state index contributed by atoms with van der Waals surface area (Å²) in [5, 5.41) is 7.44. The van der Waals surface area contributed by atoms with E-state index in [0.29, 0.717) is 5.92 Å². The maximum Gasteiger partial charge on any atom is 0.144 e. The lowest BCUT2D eigenvalue weighted by molar-refractivity contribution is 0.321. The monoisotopic (exact) mass is 256 g/mol. The summed E-state index contributed by atoms with van der Waals surface area (Å²) in [6, 6.07) is 8.55. The average Bonchev–Trinajstić information content (AvgIpc) is 2.89. The first-order valence-electron chi connectivity index (χ1n) is 7.04. The van der Waals surface area contributed by atoms with E-state index in [1.54, 1.807) is 0 Å². The highest BCUT2D eigenvalue weighted by Crippen LogP contribution is 2.27. The Hall–Kier alpha value is -1.61. The normalized spacial score (nSPS) is 19.5. The second-order valence-corrected chi connectivity index (χ2v) is 5.45. The van der Waals surface area contributed by atoms with Crippen LogP contribution < -0.4 is 5.32 Å². The fraction of sp³-hybridized carbons (Fsp3) is 0.438. The van der Waals surface area contributed by atoms with Crippen LogP contribution in [0.1, 0.15) is 24.2 Å². The molecule has 1 aromatic heterocycles. The number of hydrogen-bond acceptors (Lipinski definition) is 3. The summed E-state index contributed by atoms with van der Waals surface area (Å²) in [5.41, 5.74) is 3.62. The van der Waals surface area contributed by atoms with E-state index in [1.165, 1.54) is 24.0 Å². The summed E-state index contributed by atoms with van der Waals surface area (Å²) < 4.78 is 5.47. The minimum Gasteiger partial charge on any atom is -0.361 e. The van der Waals surface area contributed by atoms with Crippen LogP contribution in [0.3, 0.4) is 0 Å². The summed E-state index contributed by atoms with van der Waals surface area (Å²) in [6.07, 6.45) is 5.37. The first-order chi connectivity index (χ1) is 9.33. The topological polar surface area (TPSA) is 38.1 Å². The summed E-state index contributed by atoms with van der Waals surface area (Å²) in [7, 11) is 0. The smallest absolute Gasteiger partial charge is 0.144 e. The van der Waals surface area contributed by atoms with Crippen molar-refractivity contribution in [1.82, 2.24) is 10.5 Å². The zero-order valence-electron chi connectivity index (χ0n) is 11.4. The molecule has 1 fully saturated rings. The fourth-order valence-corrected chi connectivity index (χ4v) is 2.74. The van der Waals surface area contributed by atoms with Gasteiger partial charge in [0.05, 0.1) is 6.20 Å². The predicted octanol–water partition coefficient (Wildman–Crippen LogP) is 3.19. The standard InChI is InChI=1S/C16H20N2O/c1-12-4-6-14(7-5-12)15-11-18-19-16(15)9-13-3-2-8-17-10-13/h4-7,11,13,17H,2-3,8-10H2,1H3. The molecule has 100 valence electrons. The second kappa shape index (κ2) is 5.57. The Kier molecular flexibility index (Phi) is 3.65. The molecule has 0 radical (unpaired) electrons. The van der Waals surface area contributed by atoms with Crippen molar-refractivity contribution in [3.63, 3.8) is 0 Å². The Bertz CT molecular complexity index is 524. The minimum atomic E-state index is 0.672. The third-order valence-electron chi connectivity index (χ3n) is 3.88. The minimum absolute atomic E-state index is 0.672. The van der Waals surface area contributed by atoms with Gasteiger partial charge in [-0.25, -0.2) is 0 Å². The molecule has 3 rings (SSSR count). The molecule has 0 aliphatic carbocycles. The molecule has 2 aromatic rings. The number of rotatable bonds is 3. The molecule has 2 heterocycles. The first-order valence-corrected chi connectivity index (χ1v) is 7.04. The molecule has 0 amide bonds. The Morgan fingerprint density at radius 2 is 2.16 bits per heavy atom.